The molecule has 0 aromatic heterocycles. The highest BCUT2D eigenvalue weighted by atomic mass is 16.5. The number of amides is 4. The summed E-state index contributed by atoms with van der Waals surface area (Å²) in [6.45, 7) is -0.00517. The number of carbonyl (C=O) groups is 3. The van der Waals surface area contributed by atoms with Crippen molar-refractivity contribution in [1.82, 2.24) is 15.3 Å². The predicted octanol–water partition coefficient (Wildman–Crippen LogP) is -0.0739. The Balaban J connectivity index is 1.88. The van der Waals surface area contributed by atoms with E-state index in [-0.39, 0.29) is 30.9 Å². The Kier molecular flexibility index (Phi) is 3.32. The third kappa shape index (κ3) is 2.24. The Morgan fingerprint density at radius 3 is 2.76 bits per heavy atom. The van der Waals surface area contributed by atoms with E-state index in [1.165, 1.54) is 4.90 Å². The number of carbonyl (C=O) groups excluding carboxylic acids is 3. The molecule has 2 heterocycles. The number of ether oxygens (including phenoxy) is 1. The van der Waals surface area contributed by atoms with E-state index in [1.807, 2.05) is 0 Å². The zero-order valence-electron chi connectivity index (χ0n) is 11.0. The third-order valence-corrected chi connectivity index (χ3v) is 3.51. The molecule has 0 radical (unpaired) electrons. The molecule has 8 nitrogen and oxygen atoms in total. The Labute approximate surface area is 119 Å². The highest BCUT2D eigenvalue weighted by Crippen LogP contribution is 2.25. The number of urea groups is 1. The van der Waals surface area contributed by atoms with Crippen molar-refractivity contribution in [1.29, 1.82) is 0 Å². The summed E-state index contributed by atoms with van der Waals surface area (Å²) in [6, 6.07) is 5.00. The number of hydrogen-bond acceptors (Lipinski definition) is 5. The van der Waals surface area contributed by atoms with Crippen LogP contribution in [0.1, 0.15) is 15.9 Å². The fourth-order valence-electron chi connectivity index (χ4n) is 2.42. The van der Waals surface area contributed by atoms with E-state index in [2.05, 4.69) is 5.32 Å². The maximum Gasteiger partial charge on any atom is 0.350 e. The summed E-state index contributed by atoms with van der Waals surface area (Å²) in [5.41, 5.74) is 1.31. The second-order valence-electron chi connectivity index (χ2n) is 4.75. The van der Waals surface area contributed by atoms with E-state index < -0.39 is 18.0 Å². The van der Waals surface area contributed by atoms with Gasteiger partial charge in [-0.05, 0) is 11.6 Å². The van der Waals surface area contributed by atoms with E-state index in [4.69, 9.17) is 4.74 Å². The van der Waals surface area contributed by atoms with Crippen molar-refractivity contribution in [3.63, 3.8) is 0 Å². The SMILES string of the molecule is O=C1NCOCC(N2Cc3ccccc3C2=O)C(=O)N1O. The van der Waals surface area contributed by atoms with Crippen LogP contribution in [-0.2, 0) is 16.1 Å². The number of nitrogens with zero attached hydrogens (tertiary/aromatic N) is 2. The topological polar surface area (TPSA) is 99.2 Å². The van der Waals surface area contributed by atoms with Crippen molar-refractivity contribution in [3.8, 4) is 0 Å². The molecule has 1 aromatic rings. The van der Waals surface area contributed by atoms with Crippen LogP contribution in [-0.4, -0.2) is 52.4 Å². The van der Waals surface area contributed by atoms with Gasteiger partial charge in [0.25, 0.3) is 11.8 Å². The van der Waals surface area contributed by atoms with Gasteiger partial charge in [0, 0.05) is 12.1 Å². The van der Waals surface area contributed by atoms with Gasteiger partial charge in [0.05, 0.1) is 6.61 Å². The molecule has 1 aromatic carbocycles. The zero-order valence-corrected chi connectivity index (χ0v) is 11.0. The number of nitrogens with one attached hydrogen (secondary N) is 1. The van der Waals surface area contributed by atoms with Crippen LogP contribution in [0.2, 0.25) is 0 Å². The van der Waals surface area contributed by atoms with Gasteiger partial charge in [-0.25, -0.2) is 4.79 Å². The van der Waals surface area contributed by atoms with Crippen LogP contribution in [0, 0.1) is 0 Å². The lowest BCUT2D eigenvalue weighted by Crippen LogP contribution is -2.56. The summed E-state index contributed by atoms with van der Waals surface area (Å²) in [5, 5.41) is 11.7. The number of hydroxylamine groups is 2. The minimum Gasteiger partial charge on any atom is -0.358 e. The monoisotopic (exact) mass is 291 g/mol. The van der Waals surface area contributed by atoms with Gasteiger partial charge >= 0.3 is 6.03 Å². The van der Waals surface area contributed by atoms with Gasteiger partial charge in [-0.2, -0.15) is 0 Å². The fraction of sp³-hybridized carbons (Fsp3) is 0.308. The van der Waals surface area contributed by atoms with Gasteiger partial charge in [0.15, 0.2) is 0 Å². The Bertz CT molecular complexity index is 618. The summed E-state index contributed by atoms with van der Waals surface area (Å²) >= 11 is 0. The Hall–Kier alpha value is -2.45. The van der Waals surface area contributed by atoms with Gasteiger partial charge in [0.1, 0.15) is 12.8 Å². The second-order valence-corrected chi connectivity index (χ2v) is 4.75. The molecule has 1 unspecified atom stereocenters. The molecular weight excluding hydrogens is 278 g/mol. The van der Waals surface area contributed by atoms with Crippen LogP contribution in [0.3, 0.4) is 0 Å². The van der Waals surface area contributed by atoms with E-state index in [1.54, 1.807) is 24.3 Å². The predicted molar refractivity (Wildman–Crippen MR) is 68.1 cm³/mol. The number of rotatable bonds is 1. The van der Waals surface area contributed by atoms with Crippen LogP contribution < -0.4 is 5.32 Å². The largest absolute Gasteiger partial charge is 0.358 e. The average molecular weight is 291 g/mol. The van der Waals surface area contributed by atoms with Gasteiger partial charge < -0.3 is 15.0 Å². The van der Waals surface area contributed by atoms with Crippen molar-refractivity contribution in [3.05, 3.63) is 35.4 Å². The molecule has 0 bridgehead atoms. The molecule has 110 valence electrons. The molecule has 1 saturated heterocycles. The first-order valence-corrected chi connectivity index (χ1v) is 6.37. The zero-order chi connectivity index (χ0) is 15.0. The lowest BCUT2D eigenvalue weighted by molar-refractivity contribution is -0.162. The number of benzene rings is 1. The Morgan fingerprint density at radius 2 is 2.00 bits per heavy atom. The van der Waals surface area contributed by atoms with Gasteiger partial charge in [0.2, 0.25) is 0 Å². The summed E-state index contributed by atoms with van der Waals surface area (Å²) in [6.07, 6.45) is 0. The first kappa shape index (κ1) is 13.5. The normalized spacial score (nSPS) is 22.7. The molecule has 2 aliphatic heterocycles. The Morgan fingerprint density at radius 1 is 1.24 bits per heavy atom. The van der Waals surface area contributed by atoms with Gasteiger partial charge in [-0.15, -0.1) is 5.06 Å². The minimum atomic E-state index is -1.04. The molecule has 21 heavy (non-hydrogen) atoms. The van der Waals surface area contributed by atoms with E-state index in [0.29, 0.717) is 5.56 Å². The van der Waals surface area contributed by atoms with Crippen molar-refractivity contribution >= 4 is 17.8 Å². The summed E-state index contributed by atoms with van der Waals surface area (Å²) in [7, 11) is 0. The highest BCUT2D eigenvalue weighted by Gasteiger charge is 2.40. The molecule has 4 amide bonds. The number of imide groups is 1. The molecular formula is C13H13N3O5. The molecule has 0 aliphatic carbocycles. The van der Waals surface area contributed by atoms with Crippen molar-refractivity contribution in [2.75, 3.05) is 13.3 Å². The minimum absolute atomic E-state index is 0.0105. The van der Waals surface area contributed by atoms with Crippen LogP contribution in [0.4, 0.5) is 4.79 Å². The third-order valence-electron chi connectivity index (χ3n) is 3.51. The van der Waals surface area contributed by atoms with Crippen LogP contribution in [0.5, 0.6) is 0 Å². The quantitative estimate of drug-likeness (QED) is 0.705. The van der Waals surface area contributed by atoms with Crippen LogP contribution >= 0.6 is 0 Å². The number of hydrogen-bond donors (Lipinski definition) is 2. The molecule has 1 fully saturated rings. The molecule has 2 aliphatic rings. The molecule has 3 rings (SSSR count). The second kappa shape index (κ2) is 5.15. The van der Waals surface area contributed by atoms with Crippen molar-refractivity contribution in [2.24, 2.45) is 0 Å². The number of fused-ring (bicyclic) bond motifs is 1. The van der Waals surface area contributed by atoms with E-state index >= 15 is 0 Å². The van der Waals surface area contributed by atoms with Crippen molar-refractivity contribution < 1.29 is 24.3 Å². The molecule has 8 heteroatoms. The van der Waals surface area contributed by atoms with Gasteiger partial charge in [-0.1, -0.05) is 18.2 Å². The average Bonchev–Trinajstić information content (AvgIpc) is 2.82. The lowest BCUT2D eigenvalue weighted by Gasteiger charge is -2.30. The molecule has 0 spiro atoms. The molecule has 2 N–H and O–H groups in total. The maximum atomic E-state index is 12.3. The fourth-order valence-corrected chi connectivity index (χ4v) is 2.42. The summed E-state index contributed by atoms with van der Waals surface area (Å²) in [5.74, 6) is -1.21. The summed E-state index contributed by atoms with van der Waals surface area (Å²) < 4.78 is 5.15. The highest BCUT2D eigenvalue weighted by molar-refractivity contribution is 6.03. The van der Waals surface area contributed by atoms with Crippen LogP contribution in [0.15, 0.2) is 24.3 Å². The molecule has 1 atom stereocenters. The van der Waals surface area contributed by atoms with Gasteiger partial charge in [-0.3, -0.25) is 14.8 Å². The van der Waals surface area contributed by atoms with E-state index in [9.17, 15) is 19.6 Å². The lowest BCUT2D eigenvalue weighted by atomic mass is 10.1. The maximum absolute atomic E-state index is 12.3. The van der Waals surface area contributed by atoms with E-state index in [0.717, 1.165) is 5.56 Å². The first-order chi connectivity index (χ1) is 10.1. The molecule has 0 saturated carbocycles. The summed E-state index contributed by atoms with van der Waals surface area (Å²) in [4.78, 5) is 37.2. The first-order valence-electron chi connectivity index (χ1n) is 6.37. The van der Waals surface area contributed by atoms with Crippen LogP contribution in [0.25, 0.3) is 0 Å². The standard InChI is InChI=1S/C13H13N3O5/c17-11-9-4-2-1-3-8(9)5-15(11)10-6-21-7-14-13(19)16(20)12(10)18/h1-4,10,20H,5-7H2,(H,14,19). The smallest absolute Gasteiger partial charge is 0.350 e. The van der Waals surface area contributed by atoms with Crippen molar-refractivity contribution in [2.45, 2.75) is 12.6 Å².